The molecule has 0 aliphatic carbocycles. The minimum atomic E-state index is -0.578. The van der Waals surface area contributed by atoms with Gasteiger partial charge in [0.1, 0.15) is 12.4 Å². The topological polar surface area (TPSA) is 38.3 Å². The molecule has 0 aliphatic rings. The van der Waals surface area contributed by atoms with Crippen molar-refractivity contribution >= 4 is 22.0 Å². The Morgan fingerprint density at radius 1 is 1.29 bits per heavy atom. The summed E-state index contributed by atoms with van der Waals surface area (Å²) in [5.74, 6) is -0.367. The van der Waals surface area contributed by atoms with Crippen molar-refractivity contribution in [1.29, 1.82) is 0 Å². The van der Waals surface area contributed by atoms with E-state index in [0.717, 1.165) is 10.0 Å². The molecule has 2 rings (SSSR count). The average molecular weight is 352 g/mol. The van der Waals surface area contributed by atoms with E-state index in [4.69, 9.17) is 4.74 Å². The zero-order valence-electron chi connectivity index (χ0n) is 11.5. The van der Waals surface area contributed by atoms with Gasteiger partial charge in [0.15, 0.2) is 0 Å². The van der Waals surface area contributed by atoms with Crippen LogP contribution in [0.5, 0.6) is 0 Å². The van der Waals surface area contributed by atoms with Crippen molar-refractivity contribution in [2.45, 2.75) is 19.6 Å². The van der Waals surface area contributed by atoms with Crippen LogP contribution in [-0.4, -0.2) is 6.09 Å². The largest absolute Gasteiger partial charge is 0.445 e. The smallest absolute Gasteiger partial charge is 0.407 e. The highest BCUT2D eigenvalue weighted by atomic mass is 79.9. The van der Waals surface area contributed by atoms with Gasteiger partial charge >= 0.3 is 6.09 Å². The van der Waals surface area contributed by atoms with Crippen molar-refractivity contribution in [3.05, 3.63) is 69.9 Å². The summed E-state index contributed by atoms with van der Waals surface area (Å²) >= 11 is 3.28. The van der Waals surface area contributed by atoms with Crippen LogP contribution in [0.25, 0.3) is 0 Å². The summed E-state index contributed by atoms with van der Waals surface area (Å²) in [7, 11) is 0. The zero-order valence-corrected chi connectivity index (χ0v) is 13.1. The quantitative estimate of drug-likeness (QED) is 0.875. The number of ether oxygens (including phenoxy) is 1. The highest BCUT2D eigenvalue weighted by molar-refractivity contribution is 9.10. The second-order valence-electron chi connectivity index (χ2n) is 4.59. The van der Waals surface area contributed by atoms with E-state index in [1.807, 2.05) is 30.3 Å². The second kappa shape index (κ2) is 7.22. The molecule has 0 bridgehead atoms. The maximum Gasteiger partial charge on any atom is 0.407 e. The van der Waals surface area contributed by atoms with Crippen molar-refractivity contribution in [2.24, 2.45) is 0 Å². The van der Waals surface area contributed by atoms with Gasteiger partial charge in [-0.05, 0) is 30.7 Å². The minimum Gasteiger partial charge on any atom is -0.445 e. The van der Waals surface area contributed by atoms with Crippen molar-refractivity contribution in [3.8, 4) is 0 Å². The minimum absolute atomic E-state index is 0.181. The van der Waals surface area contributed by atoms with Crippen LogP contribution in [0.1, 0.15) is 24.1 Å². The van der Waals surface area contributed by atoms with Crippen molar-refractivity contribution < 1.29 is 13.9 Å². The van der Waals surface area contributed by atoms with Gasteiger partial charge in [-0.1, -0.05) is 46.3 Å². The lowest BCUT2D eigenvalue weighted by atomic mass is 10.1. The maximum atomic E-state index is 13.7. The van der Waals surface area contributed by atoms with Crippen LogP contribution in [0.2, 0.25) is 0 Å². The van der Waals surface area contributed by atoms with Crippen molar-refractivity contribution in [1.82, 2.24) is 5.32 Å². The van der Waals surface area contributed by atoms with Gasteiger partial charge in [-0.15, -0.1) is 0 Å². The third-order valence-corrected chi connectivity index (χ3v) is 3.46. The van der Waals surface area contributed by atoms with Gasteiger partial charge in [-0.2, -0.15) is 0 Å². The predicted molar refractivity (Wildman–Crippen MR) is 82.3 cm³/mol. The van der Waals surface area contributed by atoms with Gasteiger partial charge in [-0.3, -0.25) is 0 Å². The Hall–Kier alpha value is -1.88. The highest BCUT2D eigenvalue weighted by Gasteiger charge is 2.14. The molecule has 0 saturated carbocycles. The fourth-order valence-corrected chi connectivity index (χ4v) is 2.24. The van der Waals surface area contributed by atoms with Crippen LogP contribution in [0.3, 0.4) is 0 Å². The predicted octanol–water partition coefficient (Wildman–Crippen LogP) is 4.58. The van der Waals surface area contributed by atoms with Gasteiger partial charge in [-0.25, -0.2) is 9.18 Å². The summed E-state index contributed by atoms with van der Waals surface area (Å²) < 4.78 is 19.6. The molecule has 1 amide bonds. The van der Waals surface area contributed by atoms with Crippen LogP contribution in [0.4, 0.5) is 9.18 Å². The monoisotopic (exact) mass is 351 g/mol. The molecule has 0 aliphatic heterocycles. The van der Waals surface area contributed by atoms with E-state index in [1.165, 1.54) is 6.07 Å². The molecule has 0 radical (unpaired) electrons. The number of carbonyl (C=O) groups is 1. The van der Waals surface area contributed by atoms with E-state index in [0.29, 0.717) is 5.56 Å². The Morgan fingerprint density at radius 2 is 2.00 bits per heavy atom. The van der Waals surface area contributed by atoms with Gasteiger partial charge in [0.05, 0.1) is 6.04 Å². The van der Waals surface area contributed by atoms with Gasteiger partial charge in [0.25, 0.3) is 0 Å². The number of rotatable bonds is 4. The third kappa shape index (κ3) is 4.56. The summed E-state index contributed by atoms with van der Waals surface area (Å²) in [6.45, 7) is 1.88. The summed E-state index contributed by atoms with van der Waals surface area (Å²) in [5, 5.41) is 2.61. The van der Waals surface area contributed by atoms with Gasteiger partial charge in [0, 0.05) is 10.0 Å². The van der Waals surface area contributed by atoms with E-state index in [1.54, 1.807) is 19.1 Å². The summed E-state index contributed by atoms with van der Waals surface area (Å²) in [4.78, 5) is 11.7. The Bertz CT molecular complexity index is 619. The molecule has 1 atom stereocenters. The van der Waals surface area contributed by atoms with Crippen LogP contribution in [0, 0.1) is 5.82 Å². The first-order chi connectivity index (χ1) is 10.1. The Kier molecular flexibility index (Phi) is 5.33. The number of hydrogen-bond acceptors (Lipinski definition) is 2. The highest BCUT2D eigenvalue weighted by Crippen LogP contribution is 2.21. The lowest BCUT2D eigenvalue weighted by molar-refractivity contribution is 0.136. The van der Waals surface area contributed by atoms with Gasteiger partial charge < -0.3 is 10.1 Å². The molecule has 0 aromatic heterocycles. The Labute approximate surface area is 131 Å². The maximum absolute atomic E-state index is 13.7. The standard InChI is InChI=1S/C16H15BrFNO2/c1-11(14-9-13(17)7-8-15(14)18)19-16(20)21-10-12-5-3-2-4-6-12/h2-9,11H,10H2,1H3,(H,19,20). The molecule has 0 heterocycles. The first-order valence-electron chi connectivity index (χ1n) is 6.48. The number of carbonyl (C=O) groups excluding carboxylic acids is 1. The fourth-order valence-electron chi connectivity index (χ4n) is 1.87. The van der Waals surface area contributed by atoms with Gasteiger partial charge in [0.2, 0.25) is 0 Å². The first kappa shape index (κ1) is 15.5. The molecule has 1 N–H and O–H groups in total. The first-order valence-corrected chi connectivity index (χ1v) is 7.27. The van der Waals surface area contributed by atoms with Crippen LogP contribution in [0.15, 0.2) is 53.0 Å². The fraction of sp³-hybridized carbons (Fsp3) is 0.188. The molecule has 21 heavy (non-hydrogen) atoms. The normalized spacial score (nSPS) is 11.8. The summed E-state index contributed by atoms with van der Waals surface area (Å²) in [6.07, 6.45) is -0.578. The van der Waals surface area contributed by atoms with E-state index < -0.39 is 12.1 Å². The SMILES string of the molecule is CC(NC(=O)OCc1ccccc1)c1cc(Br)ccc1F. The number of nitrogens with one attached hydrogen (secondary N) is 1. The molecule has 2 aromatic rings. The molecule has 3 nitrogen and oxygen atoms in total. The van der Waals surface area contributed by atoms with Crippen LogP contribution < -0.4 is 5.32 Å². The number of halogens is 2. The van der Waals surface area contributed by atoms with Crippen LogP contribution >= 0.6 is 15.9 Å². The molecule has 0 saturated heterocycles. The van der Waals surface area contributed by atoms with E-state index >= 15 is 0 Å². The summed E-state index contributed by atoms with van der Waals surface area (Å²) in [5.41, 5.74) is 1.30. The second-order valence-corrected chi connectivity index (χ2v) is 5.51. The molecule has 2 aromatic carbocycles. The van der Waals surface area contributed by atoms with Crippen LogP contribution in [-0.2, 0) is 11.3 Å². The number of amides is 1. The summed E-state index contributed by atoms with van der Waals surface area (Å²) in [6, 6.07) is 13.5. The molecule has 5 heteroatoms. The molecule has 0 fully saturated rings. The average Bonchev–Trinajstić information content (AvgIpc) is 2.48. The lowest BCUT2D eigenvalue weighted by Gasteiger charge is -2.15. The molecular formula is C16H15BrFNO2. The molecular weight excluding hydrogens is 337 g/mol. The van der Waals surface area contributed by atoms with E-state index in [2.05, 4.69) is 21.2 Å². The van der Waals surface area contributed by atoms with E-state index in [9.17, 15) is 9.18 Å². The van der Waals surface area contributed by atoms with Crippen molar-refractivity contribution in [2.75, 3.05) is 0 Å². The Balaban J connectivity index is 1.91. The number of benzene rings is 2. The third-order valence-electron chi connectivity index (χ3n) is 2.97. The molecule has 0 spiro atoms. The molecule has 1 unspecified atom stereocenters. The Morgan fingerprint density at radius 3 is 2.71 bits per heavy atom. The molecule has 110 valence electrons. The number of alkyl carbamates (subject to hydrolysis) is 1. The van der Waals surface area contributed by atoms with Crippen molar-refractivity contribution in [3.63, 3.8) is 0 Å². The zero-order chi connectivity index (χ0) is 15.2. The van der Waals surface area contributed by atoms with E-state index in [-0.39, 0.29) is 12.4 Å². The lowest BCUT2D eigenvalue weighted by Crippen LogP contribution is -2.27. The number of hydrogen-bond donors (Lipinski definition) is 1.